The predicted molar refractivity (Wildman–Crippen MR) is 77.3 cm³/mol. The number of carbonyl (C=O) groups is 1. The van der Waals surface area contributed by atoms with Crippen LogP contribution in [0.25, 0.3) is 0 Å². The van der Waals surface area contributed by atoms with Crippen molar-refractivity contribution in [1.82, 2.24) is 0 Å². The molecule has 1 unspecified atom stereocenters. The smallest absolute Gasteiger partial charge is 0.333 e. The van der Waals surface area contributed by atoms with E-state index in [4.69, 9.17) is 44.3 Å². The molecule has 0 N–H and O–H groups in total. The monoisotopic (exact) mass is 322 g/mol. The molecule has 104 valence electrons. The lowest BCUT2D eigenvalue weighted by Gasteiger charge is -2.16. The Balaban J connectivity index is 2.62. The fraction of sp³-hybridized carbons (Fsp3) is 0.308. The molecule has 0 saturated heterocycles. The van der Waals surface area contributed by atoms with Gasteiger partial charge in [0.2, 0.25) is 0 Å². The average Bonchev–Trinajstić information content (AvgIpc) is 2.27. The summed E-state index contributed by atoms with van der Waals surface area (Å²) in [7, 11) is 0. The number of esters is 1. The van der Waals surface area contributed by atoms with Gasteiger partial charge in [-0.3, -0.25) is 0 Å². The summed E-state index contributed by atoms with van der Waals surface area (Å²) in [5, 5.41) is 1.02. The summed E-state index contributed by atoms with van der Waals surface area (Å²) in [5.41, 5.74) is 0.328. The number of ether oxygens (including phenoxy) is 2. The Hall–Kier alpha value is -0.900. The molecule has 0 bridgehead atoms. The average molecular weight is 324 g/mol. The topological polar surface area (TPSA) is 35.5 Å². The fourth-order valence-corrected chi connectivity index (χ4v) is 2.11. The maximum atomic E-state index is 11.3. The van der Waals surface area contributed by atoms with Crippen LogP contribution in [-0.4, -0.2) is 18.7 Å². The first-order valence-corrected chi connectivity index (χ1v) is 6.58. The SMILES string of the molecule is C=C(C)C(=O)OC(C)COc1c(Cl)cc(Cl)cc1Cl. The second-order valence-electron chi connectivity index (χ2n) is 4.01. The highest BCUT2D eigenvalue weighted by Crippen LogP contribution is 2.35. The molecule has 0 aromatic heterocycles. The highest BCUT2D eigenvalue weighted by Gasteiger charge is 2.14. The molecule has 1 atom stereocenters. The number of rotatable bonds is 5. The van der Waals surface area contributed by atoms with E-state index in [1.54, 1.807) is 13.8 Å². The number of halogens is 3. The third-order valence-corrected chi connectivity index (χ3v) is 2.86. The third kappa shape index (κ3) is 4.94. The summed E-state index contributed by atoms with van der Waals surface area (Å²) in [5.74, 6) is -0.157. The van der Waals surface area contributed by atoms with Crippen LogP contribution in [0.15, 0.2) is 24.3 Å². The van der Waals surface area contributed by atoms with E-state index < -0.39 is 12.1 Å². The van der Waals surface area contributed by atoms with Gasteiger partial charge < -0.3 is 9.47 Å². The Morgan fingerprint density at radius 2 is 1.84 bits per heavy atom. The molecule has 0 aliphatic heterocycles. The van der Waals surface area contributed by atoms with E-state index in [-0.39, 0.29) is 6.61 Å². The van der Waals surface area contributed by atoms with Crippen molar-refractivity contribution in [1.29, 1.82) is 0 Å². The molecule has 0 saturated carbocycles. The largest absolute Gasteiger partial charge is 0.487 e. The molecular weight excluding hydrogens is 310 g/mol. The molecule has 19 heavy (non-hydrogen) atoms. The molecule has 1 aromatic carbocycles. The summed E-state index contributed by atoms with van der Waals surface area (Å²) in [6, 6.07) is 3.05. The van der Waals surface area contributed by atoms with Crippen molar-refractivity contribution in [2.24, 2.45) is 0 Å². The van der Waals surface area contributed by atoms with E-state index in [0.29, 0.717) is 26.4 Å². The van der Waals surface area contributed by atoms with Crippen molar-refractivity contribution in [2.45, 2.75) is 20.0 Å². The number of carbonyl (C=O) groups excluding carboxylic acids is 1. The van der Waals surface area contributed by atoms with Crippen molar-refractivity contribution < 1.29 is 14.3 Å². The summed E-state index contributed by atoms with van der Waals surface area (Å²) < 4.78 is 10.5. The van der Waals surface area contributed by atoms with Crippen LogP contribution >= 0.6 is 34.8 Å². The highest BCUT2D eigenvalue weighted by molar-refractivity contribution is 6.40. The van der Waals surface area contributed by atoms with Crippen molar-refractivity contribution in [3.05, 3.63) is 39.4 Å². The third-order valence-electron chi connectivity index (χ3n) is 2.08. The normalized spacial score (nSPS) is 11.8. The van der Waals surface area contributed by atoms with E-state index in [1.165, 1.54) is 12.1 Å². The van der Waals surface area contributed by atoms with E-state index >= 15 is 0 Å². The van der Waals surface area contributed by atoms with Gasteiger partial charge in [0, 0.05) is 10.6 Å². The van der Waals surface area contributed by atoms with Gasteiger partial charge in [-0.05, 0) is 26.0 Å². The molecule has 6 heteroatoms. The fourth-order valence-electron chi connectivity index (χ4n) is 1.18. The van der Waals surface area contributed by atoms with Crippen LogP contribution in [0.3, 0.4) is 0 Å². The first-order chi connectivity index (χ1) is 8.81. The molecule has 0 amide bonds. The molecule has 1 rings (SSSR count). The van der Waals surface area contributed by atoms with Crippen LogP contribution in [-0.2, 0) is 9.53 Å². The lowest BCUT2D eigenvalue weighted by Crippen LogP contribution is -2.22. The van der Waals surface area contributed by atoms with E-state index in [0.717, 1.165) is 0 Å². The van der Waals surface area contributed by atoms with Crippen LogP contribution in [0.5, 0.6) is 5.75 Å². The summed E-state index contributed by atoms with van der Waals surface area (Å²) in [4.78, 5) is 11.3. The van der Waals surface area contributed by atoms with Crippen molar-refractivity contribution in [2.75, 3.05) is 6.61 Å². The standard InChI is InChI=1S/C13H13Cl3O3/c1-7(2)13(17)19-8(3)6-18-12-10(15)4-9(14)5-11(12)16/h4-5,8H,1,6H2,2-3H3. The van der Waals surface area contributed by atoms with Gasteiger partial charge in [-0.25, -0.2) is 4.79 Å². The van der Waals surface area contributed by atoms with Gasteiger partial charge in [-0.2, -0.15) is 0 Å². The van der Waals surface area contributed by atoms with Crippen molar-refractivity contribution in [3.63, 3.8) is 0 Å². The van der Waals surface area contributed by atoms with Crippen molar-refractivity contribution in [3.8, 4) is 5.75 Å². The summed E-state index contributed by atoms with van der Waals surface area (Å²) in [6.45, 7) is 6.88. The molecule has 0 heterocycles. The molecule has 1 aromatic rings. The van der Waals surface area contributed by atoms with Crippen LogP contribution in [0.1, 0.15) is 13.8 Å². The van der Waals surface area contributed by atoms with Crippen molar-refractivity contribution >= 4 is 40.8 Å². The van der Waals surface area contributed by atoms with Crippen LogP contribution in [0.2, 0.25) is 15.1 Å². The quantitative estimate of drug-likeness (QED) is 0.590. The molecule has 0 aliphatic rings. The van der Waals surface area contributed by atoms with Gasteiger partial charge in [0.15, 0.2) is 5.75 Å². The number of hydrogen-bond donors (Lipinski definition) is 0. The van der Waals surface area contributed by atoms with Crippen LogP contribution in [0.4, 0.5) is 0 Å². The van der Waals surface area contributed by atoms with Crippen LogP contribution < -0.4 is 4.74 Å². The molecule has 0 radical (unpaired) electrons. The van der Waals surface area contributed by atoms with E-state index in [1.807, 2.05) is 0 Å². The summed E-state index contributed by atoms with van der Waals surface area (Å²) >= 11 is 17.7. The first kappa shape index (κ1) is 16.2. The van der Waals surface area contributed by atoms with Gasteiger partial charge in [0.1, 0.15) is 12.7 Å². The highest BCUT2D eigenvalue weighted by atomic mass is 35.5. The second kappa shape index (κ2) is 7.04. The Kier molecular flexibility index (Phi) is 5.98. The lowest BCUT2D eigenvalue weighted by atomic mass is 10.3. The van der Waals surface area contributed by atoms with Gasteiger partial charge in [0.05, 0.1) is 10.0 Å². The van der Waals surface area contributed by atoms with Gasteiger partial charge >= 0.3 is 5.97 Å². The maximum absolute atomic E-state index is 11.3. The maximum Gasteiger partial charge on any atom is 0.333 e. The number of hydrogen-bond acceptors (Lipinski definition) is 3. The minimum Gasteiger partial charge on any atom is -0.487 e. The van der Waals surface area contributed by atoms with Gasteiger partial charge in [0.25, 0.3) is 0 Å². The lowest BCUT2D eigenvalue weighted by molar-refractivity contribution is -0.144. The molecule has 0 spiro atoms. The molecule has 3 nitrogen and oxygen atoms in total. The van der Waals surface area contributed by atoms with Crippen LogP contribution in [0, 0.1) is 0 Å². The Bertz CT molecular complexity index is 477. The molecule has 0 fully saturated rings. The van der Waals surface area contributed by atoms with Gasteiger partial charge in [-0.1, -0.05) is 41.4 Å². The first-order valence-electron chi connectivity index (χ1n) is 5.45. The Morgan fingerprint density at radius 1 is 1.32 bits per heavy atom. The van der Waals surface area contributed by atoms with E-state index in [2.05, 4.69) is 6.58 Å². The Labute approximate surface area is 127 Å². The number of benzene rings is 1. The summed E-state index contributed by atoms with van der Waals surface area (Å²) in [6.07, 6.45) is -0.452. The van der Waals surface area contributed by atoms with E-state index in [9.17, 15) is 4.79 Å². The second-order valence-corrected chi connectivity index (χ2v) is 5.26. The van der Waals surface area contributed by atoms with Gasteiger partial charge in [-0.15, -0.1) is 0 Å². The molecular formula is C13H13Cl3O3. The molecule has 0 aliphatic carbocycles. The zero-order valence-electron chi connectivity index (χ0n) is 10.5. The minimum absolute atomic E-state index is 0.125. The minimum atomic E-state index is -0.468. The zero-order valence-corrected chi connectivity index (χ0v) is 12.8. The Morgan fingerprint density at radius 3 is 2.32 bits per heavy atom. The predicted octanol–water partition coefficient (Wildman–Crippen LogP) is 4.53. The zero-order chi connectivity index (χ0) is 14.6.